The van der Waals surface area contributed by atoms with Crippen LogP contribution in [-0.2, 0) is 0 Å². The third-order valence-electron chi connectivity index (χ3n) is 2.36. The van der Waals surface area contributed by atoms with Crippen LogP contribution in [0, 0.1) is 6.92 Å². The van der Waals surface area contributed by atoms with Crippen molar-refractivity contribution in [1.82, 2.24) is 0 Å². The molecule has 0 radical (unpaired) electrons. The van der Waals surface area contributed by atoms with Crippen molar-refractivity contribution < 1.29 is 0 Å². The second-order valence-electron chi connectivity index (χ2n) is 3.97. The molecular weight excluding hydrogens is 194 g/mol. The number of rotatable bonds is 3. The van der Waals surface area contributed by atoms with E-state index in [9.17, 15) is 0 Å². The molecule has 0 unspecified atom stereocenters. The summed E-state index contributed by atoms with van der Waals surface area (Å²) in [5.41, 5.74) is 8.91. The summed E-state index contributed by atoms with van der Waals surface area (Å²) in [6.07, 6.45) is 8.15. The Labute approximate surface area is 100 Å². The van der Waals surface area contributed by atoms with E-state index >= 15 is 0 Å². The van der Waals surface area contributed by atoms with E-state index in [1.165, 1.54) is 30.4 Å². The molecule has 1 rings (SSSR count). The van der Waals surface area contributed by atoms with E-state index in [-0.39, 0.29) is 0 Å². The van der Waals surface area contributed by atoms with Gasteiger partial charge in [0, 0.05) is 5.69 Å². The minimum atomic E-state index is 0.823. The van der Waals surface area contributed by atoms with Gasteiger partial charge in [-0.3, -0.25) is 0 Å². The number of benzene rings is 1. The highest BCUT2D eigenvalue weighted by molar-refractivity contribution is 5.58. The Morgan fingerprint density at radius 1 is 1.19 bits per heavy atom. The van der Waals surface area contributed by atoms with Crippen LogP contribution in [0.3, 0.4) is 0 Å². The van der Waals surface area contributed by atoms with E-state index in [2.05, 4.69) is 26.8 Å². The first kappa shape index (κ1) is 14.8. The quantitative estimate of drug-likeness (QED) is 0.725. The molecule has 1 aromatic rings. The molecule has 0 aliphatic heterocycles. The van der Waals surface area contributed by atoms with Crippen LogP contribution >= 0.6 is 0 Å². The first-order valence-electron chi connectivity index (χ1n) is 6.14. The van der Waals surface area contributed by atoms with Crippen molar-refractivity contribution in [2.45, 2.75) is 47.0 Å². The maximum Gasteiger partial charge on any atom is 0.0320 e. The predicted molar refractivity (Wildman–Crippen MR) is 75.5 cm³/mol. The first-order chi connectivity index (χ1) is 7.65. The van der Waals surface area contributed by atoms with Crippen molar-refractivity contribution in [2.75, 3.05) is 5.73 Å². The van der Waals surface area contributed by atoms with Crippen molar-refractivity contribution in [3.63, 3.8) is 0 Å². The molecule has 1 aromatic carbocycles. The van der Waals surface area contributed by atoms with Gasteiger partial charge in [0.15, 0.2) is 0 Å². The van der Waals surface area contributed by atoms with Crippen LogP contribution in [0.2, 0.25) is 0 Å². The van der Waals surface area contributed by atoms with E-state index in [0.717, 1.165) is 5.69 Å². The molecule has 90 valence electrons. The lowest BCUT2D eigenvalue weighted by molar-refractivity contribution is 0.772. The molecule has 16 heavy (non-hydrogen) atoms. The number of aryl methyl sites for hydroxylation is 1. The zero-order chi connectivity index (χ0) is 12.4. The number of hydrogen-bond donors (Lipinski definition) is 1. The molecule has 0 atom stereocenters. The lowest BCUT2D eigenvalue weighted by Crippen LogP contribution is -1.87. The van der Waals surface area contributed by atoms with Gasteiger partial charge in [-0.25, -0.2) is 0 Å². The summed E-state index contributed by atoms with van der Waals surface area (Å²) in [4.78, 5) is 0. The molecule has 0 bridgehead atoms. The van der Waals surface area contributed by atoms with Gasteiger partial charge < -0.3 is 5.73 Å². The molecule has 0 aliphatic rings. The van der Waals surface area contributed by atoms with Crippen LogP contribution in [0.1, 0.15) is 51.2 Å². The van der Waals surface area contributed by atoms with E-state index in [1.54, 1.807) is 0 Å². The van der Waals surface area contributed by atoms with Crippen LogP contribution < -0.4 is 5.73 Å². The summed E-state index contributed by atoms with van der Waals surface area (Å²) < 4.78 is 0. The van der Waals surface area contributed by atoms with Crippen molar-refractivity contribution >= 4 is 11.8 Å². The molecule has 0 amide bonds. The number of hydrogen-bond acceptors (Lipinski definition) is 1. The zero-order valence-electron chi connectivity index (χ0n) is 11.1. The Kier molecular flexibility index (Phi) is 8.32. The largest absolute Gasteiger partial charge is 0.399 e. The first-order valence-corrected chi connectivity index (χ1v) is 6.14. The van der Waals surface area contributed by atoms with Gasteiger partial charge in [-0.15, -0.1) is 0 Å². The molecule has 0 fully saturated rings. The van der Waals surface area contributed by atoms with Crippen molar-refractivity contribution in [3.05, 3.63) is 35.4 Å². The fourth-order valence-electron chi connectivity index (χ4n) is 1.37. The molecule has 0 saturated heterocycles. The maximum absolute atomic E-state index is 5.62. The van der Waals surface area contributed by atoms with Gasteiger partial charge in [0.05, 0.1) is 0 Å². The van der Waals surface area contributed by atoms with Crippen molar-refractivity contribution in [3.8, 4) is 0 Å². The number of nitrogen functional groups attached to an aromatic ring is 1. The van der Waals surface area contributed by atoms with Crippen LogP contribution in [0.25, 0.3) is 6.08 Å². The highest BCUT2D eigenvalue weighted by Gasteiger charge is 1.92. The van der Waals surface area contributed by atoms with Crippen molar-refractivity contribution in [2.24, 2.45) is 0 Å². The number of nitrogens with two attached hydrogens (primary N) is 1. The average molecular weight is 219 g/mol. The molecule has 0 heterocycles. The second kappa shape index (κ2) is 9.02. The maximum atomic E-state index is 5.62. The van der Waals surface area contributed by atoms with E-state index in [4.69, 9.17) is 5.73 Å². The Bertz CT molecular complexity index is 311. The summed E-state index contributed by atoms with van der Waals surface area (Å²) in [7, 11) is 0. The highest BCUT2D eigenvalue weighted by atomic mass is 14.5. The Balaban J connectivity index is 0.000000385. The zero-order valence-corrected chi connectivity index (χ0v) is 11.1. The third-order valence-corrected chi connectivity index (χ3v) is 2.36. The fraction of sp³-hybridized carbons (Fsp3) is 0.467. The van der Waals surface area contributed by atoms with Crippen LogP contribution in [-0.4, -0.2) is 0 Å². The number of allylic oxidation sites excluding steroid dienone is 1. The van der Waals surface area contributed by atoms with Gasteiger partial charge >= 0.3 is 0 Å². The molecule has 2 N–H and O–H groups in total. The molecule has 0 aliphatic carbocycles. The summed E-state index contributed by atoms with van der Waals surface area (Å²) in [5.74, 6) is 0. The van der Waals surface area contributed by atoms with Gasteiger partial charge in [-0.1, -0.05) is 51.3 Å². The van der Waals surface area contributed by atoms with Crippen molar-refractivity contribution in [1.29, 1.82) is 0 Å². The molecule has 0 saturated carbocycles. The third kappa shape index (κ3) is 6.28. The van der Waals surface area contributed by atoms with E-state index in [0.29, 0.717) is 0 Å². The van der Waals surface area contributed by atoms with Gasteiger partial charge in [-0.2, -0.15) is 0 Å². The second-order valence-corrected chi connectivity index (χ2v) is 3.97. The summed E-state index contributed by atoms with van der Waals surface area (Å²) >= 11 is 0. The predicted octanol–water partition coefficient (Wildman–Crippen LogP) is 4.81. The fourth-order valence-corrected chi connectivity index (χ4v) is 1.37. The number of unbranched alkanes of at least 4 members (excludes halogenated alkanes) is 2. The minimum absolute atomic E-state index is 0.823. The summed E-state index contributed by atoms with van der Waals surface area (Å²) in [6, 6.07) is 5.93. The van der Waals surface area contributed by atoms with Gasteiger partial charge in [0.1, 0.15) is 0 Å². The monoisotopic (exact) mass is 219 g/mol. The Hall–Kier alpha value is -1.24. The average Bonchev–Trinajstić information content (AvgIpc) is 2.26. The normalized spacial score (nSPS) is 10.0. The molecule has 0 aromatic heterocycles. The van der Waals surface area contributed by atoms with Gasteiger partial charge in [0.25, 0.3) is 0 Å². The minimum Gasteiger partial charge on any atom is -0.399 e. The smallest absolute Gasteiger partial charge is 0.0320 e. The standard InChI is InChI=1S/C10H13N.C5H12/c1-3-4-9-7-10(11)6-5-8(9)2;1-3-5-4-2/h3-7H,11H2,1-2H3;3-5H2,1-2H3/b4-3-;. The van der Waals surface area contributed by atoms with Crippen LogP contribution in [0.15, 0.2) is 24.3 Å². The van der Waals surface area contributed by atoms with E-state index in [1.807, 2.05) is 31.2 Å². The van der Waals surface area contributed by atoms with Gasteiger partial charge in [-0.05, 0) is 37.1 Å². The molecule has 0 spiro atoms. The van der Waals surface area contributed by atoms with Gasteiger partial charge in [0.2, 0.25) is 0 Å². The summed E-state index contributed by atoms with van der Waals surface area (Å²) in [5, 5.41) is 0. The summed E-state index contributed by atoms with van der Waals surface area (Å²) in [6.45, 7) is 8.50. The van der Waals surface area contributed by atoms with Crippen LogP contribution in [0.5, 0.6) is 0 Å². The molecule has 1 nitrogen and oxygen atoms in total. The Morgan fingerprint density at radius 3 is 2.25 bits per heavy atom. The van der Waals surface area contributed by atoms with E-state index < -0.39 is 0 Å². The van der Waals surface area contributed by atoms with Crippen LogP contribution in [0.4, 0.5) is 5.69 Å². The topological polar surface area (TPSA) is 26.0 Å². The Morgan fingerprint density at radius 2 is 1.81 bits per heavy atom. The molecular formula is C15H25N. The highest BCUT2D eigenvalue weighted by Crippen LogP contribution is 2.13. The number of anilines is 1. The molecule has 1 heteroatoms. The lowest BCUT2D eigenvalue weighted by Gasteiger charge is -2.00. The SMILES string of the molecule is C/C=C\c1cc(N)ccc1C.CCCCC. The lowest BCUT2D eigenvalue weighted by atomic mass is 10.1.